The van der Waals surface area contributed by atoms with Gasteiger partial charge in [-0.25, -0.2) is 4.79 Å². The summed E-state index contributed by atoms with van der Waals surface area (Å²) in [5.41, 5.74) is 1.29. The Balaban J connectivity index is 2.44. The zero-order valence-electron chi connectivity index (χ0n) is 11.6. The van der Waals surface area contributed by atoms with Gasteiger partial charge in [0.15, 0.2) is 5.58 Å². The van der Waals surface area contributed by atoms with Crippen LogP contribution < -0.4 is 4.90 Å². The lowest BCUT2D eigenvalue weighted by Gasteiger charge is -2.33. The van der Waals surface area contributed by atoms with Crippen molar-refractivity contribution in [2.75, 3.05) is 11.9 Å². The molecule has 19 heavy (non-hydrogen) atoms. The highest BCUT2D eigenvalue weighted by molar-refractivity contribution is 5.92. The number of benzene rings is 1. The van der Waals surface area contributed by atoms with Gasteiger partial charge < -0.3 is 14.4 Å². The largest absolute Gasteiger partial charge is 0.478 e. The van der Waals surface area contributed by atoms with Crippen molar-refractivity contribution in [3.63, 3.8) is 0 Å². The molecule has 1 aromatic heterocycles. The molecule has 1 heterocycles. The lowest BCUT2D eigenvalue weighted by molar-refractivity contribution is 0.0697. The first-order valence-corrected chi connectivity index (χ1v) is 6.23. The summed E-state index contributed by atoms with van der Waals surface area (Å²) in [4.78, 5) is 17.3. The van der Waals surface area contributed by atoms with Crippen molar-refractivity contribution in [2.24, 2.45) is 0 Å². The maximum absolute atomic E-state index is 10.9. The van der Waals surface area contributed by atoms with Crippen LogP contribution in [0.3, 0.4) is 0 Å². The van der Waals surface area contributed by atoms with E-state index >= 15 is 0 Å². The second kappa shape index (κ2) is 4.57. The molecular formula is C14H18N2O3. The number of carboxylic acids is 1. The third-order valence-electron chi connectivity index (χ3n) is 3.68. The number of nitrogens with zero attached hydrogens (tertiary/aromatic N) is 2. The lowest BCUT2D eigenvalue weighted by atomic mass is 10.0. The Morgan fingerprint density at radius 1 is 1.47 bits per heavy atom. The van der Waals surface area contributed by atoms with Gasteiger partial charge in [0.1, 0.15) is 5.52 Å². The smallest absolute Gasteiger partial charge is 0.335 e. The average Bonchev–Trinajstić information content (AvgIpc) is 2.80. The predicted octanol–water partition coefficient (Wildman–Crippen LogP) is 3.15. The van der Waals surface area contributed by atoms with Gasteiger partial charge in [0.25, 0.3) is 6.01 Å². The van der Waals surface area contributed by atoms with Crippen molar-refractivity contribution in [3.8, 4) is 0 Å². The fourth-order valence-electron chi connectivity index (χ4n) is 1.69. The quantitative estimate of drug-likeness (QED) is 0.916. The van der Waals surface area contributed by atoms with Gasteiger partial charge in [-0.3, -0.25) is 0 Å². The molecule has 0 bridgehead atoms. The van der Waals surface area contributed by atoms with E-state index in [1.54, 1.807) is 6.07 Å². The maximum atomic E-state index is 10.9. The lowest BCUT2D eigenvalue weighted by Crippen LogP contribution is -2.40. The fourth-order valence-corrected chi connectivity index (χ4v) is 1.69. The van der Waals surface area contributed by atoms with Crippen LogP contribution in [0, 0.1) is 0 Å². The summed E-state index contributed by atoms with van der Waals surface area (Å²) in [6.07, 6.45) is 0.947. The monoisotopic (exact) mass is 262 g/mol. The Morgan fingerprint density at radius 3 is 2.74 bits per heavy atom. The number of fused-ring (bicyclic) bond motifs is 1. The number of carbonyl (C=O) groups is 1. The van der Waals surface area contributed by atoms with Crippen LogP contribution in [0.25, 0.3) is 11.1 Å². The number of hydrogen-bond donors (Lipinski definition) is 1. The van der Waals surface area contributed by atoms with Gasteiger partial charge in [-0.2, -0.15) is 4.98 Å². The molecule has 0 fully saturated rings. The molecule has 0 spiro atoms. The zero-order valence-corrected chi connectivity index (χ0v) is 11.6. The number of oxazole rings is 1. The molecule has 0 aliphatic heterocycles. The summed E-state index contributed by atoms with van der Waals surface area (Å²) in [7, 11) is 1.92. The predicted molar refractivity (Wildman–Crippen MR) is 73.7 cm³/mol. The van der Waals surface area contributed by atoms with Crippen molar-refractivity contribution < 1.29 is 14.3 Å². The van der Waals surface area contributed by atoms with Crippen molar-refractivity contribution >= 4 is 23.1 Å². The topological polar surface area (TPSA) is 66.6 Å². The molecule has 0 amide bonds. The van der Waals surface area contributed by atoms with Crippen LogP contribution in [0.2, 0.25) is 0 Å². The molecule has 0 unspecified atom stereocenters. The number of hydrogen-bond acceptors (Lipinski definition) is 4. The van der Waals surface area contributed by atoms with Crippen molar-refractivity contribution in [1.29, 1.82) is 0 Å². The standard InChI is InChI=1S/C14H18N2O3/c1-5-14(2,3)16(4)13-15-10-7-6-9(12(17)18)8-11(10)19-13/h6-8H,5H2,1-4H3,(H,17,18). The van der Waals surface area contributed by atoms with Crippen molar-refractivity contribution in [3.05, 3.63) is 23.8 Å². The second-order valence-corrected chi connectivity index (χ2v) is 5.21. The maximum Gasteiger partial charge on any atom is 0.335 e. The van der Waals surface area contributed by atoms with Gasteiger partial charge in [0.05, 0.1) is 5.56 Å². The molecule has 1 N–H and O–H groups in total. The van der Waals surface area contributed by atoms with Crippen LogP contribution in [-0.2, 0) is 0 Å². The Hall–Kier alpha value is -2.04. The third-order valence-corrected chi connectivity index (χ3v) is 3.68. The summed E-state index contributed by atoms with van der Waals surface area (Å²) in [5.74, 6) is -0.970. The molecule has 0 saturated carbocycles. The fraction of sp³-hybridized carbons (Fsp3) is 0.429. The van der Waals surface area contributed by atoms with Crippen molar-refractivity contribution in [1.82, 2.24) is 4.98 Å². The van der Waals surface area contributed by atoms with Gasteiger partial charge >= 0.3 is 5.97 Å². The van der Waals surface area contributed by atoms with E-state index in [2.05, 4.69) is 25.8 Å². The molecule has 0 atom stereocenters. The molecule has 5 nitrogen and oxygen atoms in total. The first-order valence-electron chi connectivity index (χ1n) is 6.23. The van der Waals surface area contributed by atoms with Crippen LogP contribution in [0.15, 0.2) is 22.6 Å². The van der Waals surface area contributed by atoms with Gasteiger partial charge in [-0.05, 0) is 38.5 Å². The van der Waals surface area contributed by atoms with Crippen molar-refractivity contribution in [2.45, 2.75) is 32.7 Å². The number of aromatic carboxylic acids is 1. The van der Waals surface area contributed by atoms with E-state index in [-0.39, 0.29) is 11.1 Å². The summed E-state index contributed by atoms with van der Waals surface area (Å²) in [6.45, 7) is 6.30. The zero-order chi connectivity index (χ0) is 14.2. The van der Waals surface area contributed by atoms with E-state index < -0.39 is 5.97 Å². The van der Waals surface area contributed by atoms with Crippen LogP contribution in [0.5, 0.6) is 0 Å². The molecule has 102 valence electrons. The number of aromatic nitrogens is 1. The molecule has 0 radical (unpaired) electrons. The van der Waals surface area contributed by atoms with Crippen LogP contribution in [0.4, 0.5) is 6.01 Å². The van der Waals surface area contributed by atoms with Gasteiger partial charge in [0.2, 0.25) is 0 Å². The Labute approximate surface area is 111 Å². The molecule has 0 aliphatic carbocycles. The van der Waals surface area contributed by atoms with E-state index in [0.717, 1.165) is 6.42 Å². The second-order valence-electron chi connectivity index (χ2n) is 5.21. The van der Waals surface area contributed by atoms with Crippen LogP contribution in [-0.4, -0.2) is 28.6 Å². The molecule has 0 aliphatic rings. The van der Waals surface area contributed by atoms with E-state index in [1.807, 2.05) is 11.9 Å². The minimum atomic E-state index is -0.970. The molecule has 5 heteroatoms. The Morgan fingerprint density at radius 2 is 2.16 bits per heavy atom. The van der Waals surface area contributed by atoms with E-state index in [4.69, 9.17) is 9.52 Å². The van der Waals surface area contributed by atoms with Crippen LogP contribution in [0.1, 0.15) is 37.6 Å². The highest BCUT2D eigenvalue weighted by Crippen LogP contribution is 2.28. The molecule has 1 aromatic carbocycles. The number of anilines is 1. The third kappa shape index (κ3) is 2.41. The summed E-state index contributed by atoms with van der Waals surface area (Å²) in [5, 5.41) is 8.96. The highest BCUT2D eigenvalue weighted by atomic mass is 16.4. The van der Waals surface area contributed by atoms with E-state index in [0.29, 0.717) is 17.1 Å². The summed E-state index contributed by atoms with van der Waals surface area (Å²) in [6, 6.07) is 5.20. The molecular weight excluding hydrogens is 244 g/mol. The SMILES string of the molecule is CCC(C)(C)N(C)c1nc2ccc(C(=O)O)cc2o1. The minimum Gasteiger partial charge on any atom is -0.478 e. The van der Waals surface area contributed by atoms with Gasteiger partial charge in [0, 0.05) is 12.6 Å². The van der Waals surface area contributed by atoms with E-state index in [1.165, 1.54) is 12.1 Å². The van der Waals surface area contributed by atoms with Gasteiger partial charge in [-0.15, -0.1) is 0 Å². The minimum absolute atomic E-state index is 0.0729. The Bertz CT molecular complexity index is 616. The van der Waals surface area contributed by atoms with Crippen LogP contribution >= 0.6 is 0 Å². The summed E-state index contributed by atoms with van der Waals surface area (Å²) >= 11 is 0. The highest BCUT2D eigenvalue weighted by Gasteiger charge is 2.25. The van der Waals surface area contributed by atoms with E-state index in [9.17, 15) is 4.79 Å². The average molecular weight is 262 g/mol. The first-order chi connectivity index (χ1) is 8.85. The van der Waals surface area contributed by atoms with Gasteiger partial charge in [-0.1, -0.05) is 6.92 Å². The molecule has 0 saturated heterocycles. The first kappa shape index (κ1) is 13.4. The number of rotatable bonds is 4. The number of carboxylic acid groups (broad SMARTS) is 1. The molecule has 2 aromatic rings. The summed E-state index contributed by atoms with van der Waals surface area (Å²) < 4.78 is 5.66. The normalized spacial score (nSPS) is 11.8. The molecule has 2 rings (SSSR count). The Kier molecular flexibility index (Phi) is 3.22.